The molecular weight excluding hydrogens is 748 g/mol. The van der Waals surface area contributed by atoms with Gasteiger partial charge in [0, 0.05) is 0 Å². The molecule has 20 nitrogen and oxygen atoms in total. The van der Waals surface area contributed by atoms with Gasteiger partial charge in [-0.25, -0.2) is 15.0 Å². The lowest BCUT2D eigenvalue weighted by atomic mass is 10.2. The molecule has 0 bridgehead atoms. The van der Waals surface area contributed by atoms with Gasteiger partial charge < -0.3 is 59.4 Å². The molecule has 0 radical (unpaired) electrons. The molecule has 264 valence electrons. The summed E-state index contributed by atoms with van der Waals surface area (Å²) in [6, 6.07) is 0. The van der Waals surface area contributed by atoms with Gasteiger partial charge in [-0.3, -0.25) is 0 Å². The summed E-state index contributed by atoms with van der Waals surface area (Å²) in [7, 11) is 8.68. The summed E-state index contributed by atoms with van der Waals surface area (Å²) in [6.07, 6.45) is 5.56. The van der Waals surface area contributed by atoms with Gasteiger partial charge in [0.15, 0.2) is 16.4 Å². The van der Waals surface area contributed by atoms with Crippen molar-refractivity contribution in [2.45, 2.75) is 13.1 Å². The van der Waals surface area contributed by atoms with Crippen molar-refractivity contribution in [3.63, 3.8) is 0 Å². The summed E-state index contributed by atoms with van der Waals surface area (Å²) in [5.41, 5.74) is 13.7. The van der Waals surface area contributed by atoms with Crippen LogP contribution < -0.4 is 49.3 Å². The zero-order valence-electron chi connectivity index (χ0n) is 27.4. The van der Waals surface area contributed by atoms with Crippen LogP contribution in [0.1, 0.15) is 11.4 Å². The Bertz CT molecular complexity index is 2050. The predicted octanol–water partition coefficient (Wildman–Crippen LogP) is 1.65. The summed E-state index contributed by atoms with van der Waals surface area (Å²) in [4.78, 5) is 24.6. The number of hydrogen-bond acceptors (Lipinski definition) is 16. The van der Waals surface area contributed by atoms with Gasteiger partial charge in [-0.1, -0.05) is 11.6 Å². The average Bonchev–Trinajstić information content (AvgIpc) is 3.69. The van der Waals surface area contributed by atoms with Gasteiger partial charge in [0.2, 0.25) is 58.8 Å². The maximum absolute atomic E-state index is 12.4. The van der Waals surface area contributed by atoms with E-state index >= 15 is 0 Å². The van der Waals surface area contributed by atoms with Crippen LogP contribution >= 0.6 is 27.5 Å². The number of nitrogens with two attached hydrogens (primary N) is 2. The van der Waals surface area contributed by atoms with Crippen molar-refractivity contribution in [3.05, 3.63) is 56.6 Å². The quantitative estimate of drug-likeness (QED) is 0.114. The van der Waals surface area contributed by atoms with E-state index in [1.165, 1.54) is 61.4 Å². The molecule has 0 fully saturated rings. The summed E-state index contributed by atoms with van der Waals surface area (Å²) in [5.74, 6) is 1.76. The molecule has 4 N–H and O–H groups in total. The second-order valence-corrected chi connectivity index (χ2v) is 11.0. The summed E-state index contributed by atoms with van der Waals surface area (Å²) >= 11 is 9.32. The molecule has 6 aromatic heterocycles. The van der Waals surface area contributed by atoms with E-state index in [-0.39, 0.29) is 58.8 Å². The molecule has 0 unspecified atom stereocenters. The van der Waals surface area contributed by atoms with Crippen LogP contribution in [0, 0.1) is 10.4 Å². The highest BCUT2D eigenvalue weighted by atomic mass is 79.9. The van der Waals surface area contributed by atoms with Crippen molar-refractivity contribution in [1.29, 1.82) is 0 Å². The van der Waals surface area contributed by atoms with Crippen LogP contribution in [0.5, 0.6) is 34.5 Å². The lowest BCUT2D eigenvalue weighted by molar-refractivity contribution is -0.615. The third-order valence-electron chi connectivity index (χ3n) is 7.16. The lowest BCUT2D eigenvalue weighted by Gasteiger charge is -2.15. The number of hydrogen-bond donors (Lipinski definition) is 2. The van der Waals surface area contributed by atoms with E-state index in [0.717, 1.165) is 0 Å². The van der Waals surface area contributed by atoms with Crippen molar-refractivity contribution in [1.82, 2.24) is 39.0 Å². The summed E-state index contributed by atoms with van der Waals surface area (Å²) in [6.45, 7) is 0.225. The number of fused-ring (bicyclic) bond motifs is 2. The van der Waals surface area contributed by atoms with Crippen molar-refractivity contribution in [2.75, 3.05) is 54.1 Å². The first kappa shape index (κ1) is 35.5. The second-order valence-electron chi connectivity index (χ2n) is 9.91. The highest BCUT2D eigenvalue weighted by Gasteiger charge is 2.28. The highest BCUT2D eigenvalue weighted by Crippen LogP contribution is 2.39. The SMILES string of the molecule is COc1c[n+]([O-])c(Cn2cnc3c(Br)nc(N)nc32)c(OC)c1OC.COc1c[n+]([O-])c(Cn2cnc3c(Cl)nc(N)nc32)c(OC)c1OC. The molecule has 0 atom stereocenters. The molecule has 6 aromatic rings. The van der Waals surface area contributed by atoms with Gasteiger partial charge >= 0.3 is 0 Å². The molecule has 0 saturated carbocycles. The van der Waals surface area contributed by atoms with Crippen LogP contribution in [0.3, 0.4) is 0 Å². The highest BCUT2D eigenvalue weighted by molar-refractivity contribution is 9.10. The zero-order chi connectivity index (χ0) is 36.3. The fraction of sp³-hybridized carbons (Fsp3) is 0.286. The first-order valence-electron chi connectivity index (χ1n) is 14.1. The zero-order valence-corrected chi connectivity index (χ0v) is 29.7. The van der Waals surface area contributed by atoms with Crippen LogP contribution in [0.4, 0.5) is 11.9 Å². The fourth-order valence-corrected chi connectivity index (χ4v) is 5.64. The Morgan fingerprint density at radius 1 is 0.660 bits per heavy atom. The van der Waals surface area contributed by atoms with Gasteiger partial charge in [0.05, 0.1) is 55.3 Å². The topological polar surface area (TPSA) is 248 Å². The van der Waals surface area contributed by atoms with Crippen LogP contribution in [0.2, 0.25) is 5.15 Å². The van der Waals surface area contributed by atoms with Gasteiger partial charge in [-0.2, -0.15) is 24.4 Å². The molecular formula is C28H30BrClN12O8. The number of anilines is 2. The molecule has 50 heavy (non-hydrogen) atoms. The molecule has 0 spiro atoms. The molecule has 0 aliphatic carbocycles. The minimum atomic E-state index is 0.00789. The fourth-order valence-electron chi connectivity index (χ4n) is 4.96. The van der Waals surface area contributed by atoms with Crippen molar-refractivity contribution in [3.8, 4) is 34.5 Å². The van der Waals surface area contributed by atoms with Gasteiger partial charge in [-0.05, 0) is 15.9 Å². The number of nitrogen functional groups attached to an aromatic ring is 2. The van der Waals surface area contributed by atoms with Crippen LogP contribution in [0.15, 0.2) is 29.7 Å². The Labute approximate surface area is 296 Å². The molecule has 6 rings (SSSR count). The molecule has 0 aliphatic heterocycles. The van der Waals surface area contributed by atoms with Crippen LogP contribution in [-0.4, -0.2) is 81.7 Å². The van der Waals surface area contributed by atoms with E-state index in [1.807, 2.05) is 0 Å². The molecule has 6 heterocycles. The second kappa shape index (κ2) is 14.7. The number of halogens is 2. The van der Waals surface area contributed by atoms with E-state index in [0.29, 0.717) is 53.6 Å². The Morgan fingerprint density at radius 3 is 1.52 bits per heavy atom. The first-order valence-corrected chi connectivity index (χ1v) is 15.3. The number of methoxy groups -OCH3 is 6. The van der Waals surface area contributed by atoms with E-state index in [1.54, 1.807) is 15.5 Å². The predicted molar refractivity (Wildman–Crippen MR) is 181 cm³/mol. The molecule has 0 aliphatic rings. The Hall–Kier alpha value is -5.83. The first-order chi connectivity index (χ1) is 24.0. The third-order valence-corrected chi connectivity index (χ3v) is 7.98. The van der Waals surface area contributed by atoms with Gasteiger partial charge in [-0.15, -0.1) is 0 Å². The minimum absolute atomic E-state index is 0.00789. The van der Waals surface area contributed by atoms with Crippen molar-refractivity contribution in [2.24, 2.45) is 0 Å². The normalized spacial score (nSPS) is 10.9. The number of aromatic nitrogens is 10. The number of ether oxygens (including phenoxy) is 6. The van der Waals surface area contributed by atoms with Gasteiger partial charge in [0.25, 0.3) is 11.4 Å². The van der Waals surface area contributed by atoms with Crippen LogP contribution in [0.25, 0.3) is 22.3 Å². The maximum Gasteiger partial charge on any atom is 0.259 e. The van der Waals surface area contributed by atoms with E-state index in [9.17, 15) is 10.4 Å². The molecule has 0 saturated heterocycles. The number of rotatable bonds is 10. The van der Waals surface area contributed by atoms with E-state index < -0.39 is 0 Å². The van der Waals surface area contributed by atoms with Crippen LogP contribution in [-0.2, 0) is 13.1 Å². The summed E-state index contributed by atoms with van der Waals surface area (Å²) in [5, 5.41) is 25.0. The monoisotopic (exact) mass is 776 g/mol. The largest absolute Gasteiger partial charge is 0.618 e. The van der Waals surface area contributed by atoms with Gasteiger partial charge in [0.1, 0.15) is 28.7 Å². The van der Waals surface area contributed by atoms with E-state index in [4.69, 9.17) is 51.5 Å². The Morgan fingerprint density at radius 2 is 1.08 bits per heavy atom. The van der Waals surface area contributed by atoms with E-state index in [2.05, 4.69) is 45.8 Å². The molecule has 22 heteroatoms. The average molecular weight is 778 g/mol. The number of pyridine rings is 2. The third kappa shape index (κ3) is 6.59. The smallest absolute Gasteiger partial charge is 0.259 e. The Kier molecular flexibility index (Phi) is 10.5. The van der Waals surface area contributed by atoms with Crippen molar-refractivity contribution < 1.29 is 37.9 Å². The molecule has 0 amide bonds. The summed E-state index contributed by atoms with van der Waals surface area (Å²) < 4.78 is 36.7. The number of nitrogens with zero attached hydrogens (tertiary/aromatic N) is 10. The van der Waals surface area contributed by atoms with Crippen molar-refractivity contribution >= 4 is 61.8 Å². The maximum atomic E-state index is 12.4. The Balaban J connectivity index is 0.000000194. The standard InChI is InChI=1S/C14H15BrN6O4.C14H15ClN6O4/c2*1-23-8-5-21(22)7(10(24-2)11(8)25-3)4-20-6-17-9-12(15)18-14(16)19-13(9)20/h2*5-6H,4H2,1-3H3,(H2,16,18,19). The molecule has 0 aromatic carbocycles. The minimum Gasteiger partial charge on any atom is -0.618 e. The lowest BCUT2D eigenvalue weighted by Crippen LogP contribution is -2.33. The number of imidazole rings is 2.